The molecule has 0 aliphatic carbocycles. The summed E-state index contributed by atoms with van der Waals surface area (Å²) >= 11 is 0. The van der Waals surface area contributed by atoms with Crippen LogP contribution in [0.2, 0.25) is 0 Å². The van der Waals surface area contributed by atoms with Gasteiger partial charge >= 0.3 is 0 Å². The highest BCUT2D eigenvalue weighted by molar-refractivity contribution is 5.26. The van der Waals surface area contributed by atoms with E-state index in [1.165, 1.54) is 0 Å². The Morgan fingerprint density at radius 3 is 3.00 bits per heavy atom. The molecule has 1 heterocycles. The molecule has 88 valence electrons. The van der Waals surface area contributed by atoms with E-state index in [2.05, 4.69) is 23.8 Å². The smallest absolute Gasteiger partial charge is 0.137 e. The second-order valence-electron chi connectivity index (χ2n) is 3.67. The van der Waals surface area contributed by atoms with Crippen molar-refractivity contribution in [1.82, 2.24) is 10.3 Å². The van der Waals surface area contributed by atoms with Gasteiger partial charge in [0.15, 0.2) is 0 Å². The summed E-state index contributed by atoms with van der Waals surface area (Å²) in [7, 11) is 1.94. The third kappa shape index (κ3) is 3.66. The molecule has 0 aliphatic heterocycles. The molecule has 1 aromatic heterocycles. The van der Waals surface area contributed by atoms with Crippen LogP contribution in [0.15, 0.2) is 31.1 Å². The zero-order valence-electron chi connectivity index (χ0n) is 10.1. The van der Waals surface area contributed by atoms with Gasteiger partial charge in [-0.2, -0.15) is 0 Å². The van der Waals surface area contributed by atoms with Crippen molar-refractivity contribution in [3.8, 4) is 5.75 Å². The number of nitrogens with zero attached hydrogens (tertiary/aromatic N) is 1. The van der Waals surface area contributed by atoms with Crippen molar-refractivity contribution in [2.45, 2.75) is 25.8 Å². The highest BCUT2D eigenvalue weighted by Crippen LogP contribution is 2.20. The van der Waals surface area contributed by atoms with Crippen LogP contribution in [0.3, 0.4) is 0 Å². The van der Waals surface area contributed by atoms with Crippen molar-refractivity contribution in [2.75, 3.05) is 13.7 Å². The standard InChI is InChI=1S/C13H20N2O/c1-4-6-13(14-3)11-8-12(10-15-9-11)16-7-5-2/h4,8-10,13-14H,1,5-7H2,2-3H3. The van der Waals surface area contributed by atoms with Crippen LogP contribution < -0.4 is 10.1 Å². The molecule has 0 bridgehead atoms. The quantitative estimate of drug-likeness (QED) is 0.717. The Labute approximate surface area is 97.5 Å². The minimum Gasteiger partial charge on any atom is -0.492 e. The molecule has 0 saturated carbocycles. The predicted octanol–water partition coefficient (Wildman–Crippen LogP) is 2.71. The molecule has 0 amide bonds. The molecule has 1 unspecified atom stereocenters. The lowest BCUT2D eigenvalue weighted by molar-refractivity contribution is 0.315. The van der Waals surface area contributed by atoms with Gasteiger partial charge in [-0.3, -0.25) is 4.98 Å². The number of rotatable bonds is 7. The monoisotopic (exact) mass is 220 g/mol. The van der Waals surface area contributed by atoms with Crippen LogP contribution in [0, 0.1) is 0 Å². The molecule has 3 heteroatoms. The summed E-state index contributed by atoms with van der Waals surface area (Å²) in [5.41, 5.74) is 1.14. The first kappa shape index (κ1) is 12.7. The first-order valence-corrected chi connectivity index (χ1v) is 5.67. The number of hydrogen-bond donors (Lipinski definition) is 1. The van der Waals surface area contributed by atoms with E-state index >= 15 is 0 Å². The number of aromatic nitrogens is 1. The van der Waals surface area contributed by atoms with Gasteiger partial charge in [0.2, 0.25) is 0 Å². The van der Waals surface area contributed by atoms with Gasteiger partial charge in [-0.05, 0) is 31.5 Å². The molecular formula is C13H20N2O. The van der Waals surface area contributed by atoms with Crippen molar-refractivity contribution in [3.05, 3.63) is 36.7 Å². The zero-order chi connectivity index (χ0) is 11.8. The van der Waals surface area contributed by atoms with E-state index in [1.807, 2.05) is 25.4 Å². The maximum absolute atomic E-state index is 5.55. The van der Waals surface area contributed by atoms with E-state index in [9.17, 15) is 0 Å². The van der Waals surface area contributed by atoms with Crippen LogP contribution in [0.4, 0.5) is 0 Å². The van der Waals surface area contributed by atoms with Gasteiger partial charge < -0.3 is 10.1 Å². The van der Waals surface area contributed by atoms with Gasteiger partial charge in [0.25, 0.3) is 0 Å². The third-order valence-corrected chi connectivity index (χ3v) is 2.36. The van der Waals surface area contributed by atoms with Crippen molar-refractivity contribution < 1.29 is 4.74 Å². The molecule has 0 spiro atoms. The van der Waals surface area contributed by atoms with Gasteiger partial charge in [-0.1, -0.05) is 13.0 Å². The molecular weight excluding hydrogens is 200 g/mol. The first-order valence-electron chi connectivity index (χ1n) is 5.67. The van der Waals surface area contributed by atoms with Crippen molar-refractivity contribution in [3.63, 3.8) is 0 Å². The lowest BCUT2D eigenvalue weighted by Crippen LogP contribution is -2.15. The Balaban J connectivity index is 2.74. The Morgan fingerprint density at radius 1 is 1.56 bits per heavy atom. The summed E-state index contributed by atoms with van der Waals surface area (Å²) in [5.74, 6) is 0.837. The van der Waals surface area contributed by atoms with E-state index in [-0.39, 0.29) is 6.04 Å². The maximum atomic E-state index is 5.55. The molecule has 0 aliphatic rings. The second-order valence-corrected chi connectivity index (χ2v) is 3.67. The summed E-state index contributed by atoms with van der Waals surface area (Å²) < 4.78 is 5.55. The Hall–Kier alpha value is -1.35. The van der Waals surface area contributed by atoms with Crippen molar-refractivity contribution in [2.24, 2.45) is 0 Å². The van der Waals surface area contributed by atoms with E-state index in [1.54, 1.807) is 6.20 Å². The fraction of sp³-hybridized carbons (Fsp3) is 0.462. The molecule has 0 fully saturated rings. The van der Waals surface area contributed by atoms with Crippen LogP contribution >= 0.6 is 0 Å². The third-order valence-electron chi connectivity index (χ3n) is 2.36. The number of ether oxygens (including phenoxy) is 1. The van der Waals surface area contributed by atoms with E-state index < -0.39 is 0 Å². The van der Waals surface area contributed by atoms with E-state index in [0.717, 1.165) is 30.8 Å². The fourth-order valence-electron chi connectivity index (χ4n) is 1.51. The molecule has 3 nitrogen and oxygen atoms in total. The van der Waals surface area contributed by atoms with Gasteiger partial charge in [0.1, 0.15) is 5.75 Å². The van der Waals surface area contributed by atoms with Gasteiger partial charge in [-0.25, -0.2) is 0 Å². The van der Waals surface area contributed by atoms with Crippen LogP contribution in [-0.2, 0) is 0 Å². The summed E-state index contributed by atoms with van der Waals surface area (Å²) in [6.45, 7) is 6.58. The minimum absolute atomic E-state index is 0.259. The first-order chi connectivity index (χ1) is 7.81. The number of pyridine rings is 1. The summed E-state index contributed by atoms with van der Waals surface area (Å²) in [4.78, 5) is 4.19. The molecule has 1 N–H and O–H groups in total. The summed E-state index contributed by atoms with van der Waals surface area (Å²) in [5, 5.41) is 3.24. The molecule has 1 atom stereocenters. The van der Waals surface area contributed by atoms with Crippen LogP contribution in [0.25, 0.3) is 0 Å². The second kappa shape index (κ2) is 7.01. The SMILES string of the molecule is C=CCC(NC)c1cncc(OCCC)c1. The molecule has 0 radical (unpaired) electrons. The lowest BCUT2D eigenvalue weighted by Gasteiger charge is -2.15. The predicted molar refractivity (Wildman–Crippen MR) is 66.6 cm³/mol. The summed E-state index contributed by atoms with van der Waals surface area (Å²) in [6.07, 6.45) is 7.41. The highest BCUT2D eigenvalue weighted by atomic mass is 16.5. The minimum atomic E-state index is 0.259. The summed E-state index contributed by atoms with van der Waals surface area (Å²) in [6, 6.07) is 2.29. The number of nitrogens with one attached hydrogen (secondary N) is 1. The fourth-order valence-corrected chi connectivity index (χ4v) is 1.51. The maximum Gasteiger partial charge on any atom is 0.137 e. The van der Waals surface area contributed by atoms with Crippen LogP contribution in [0.5, 0.6) is 5.75 Å². The van der Waals surface area contributed by atoms with Crippen molar-refractivity contribution in [1.29, 1.82) is 0 Å². The average Bonchev–Trinajstić information content (AvgIpc) is 2.33. The molecule has 16 heavy (non-hydrogen) atoms. The molecule has 0 saturated heterocycles. The Kier molecular flexibility index (Phi) is 5.57. The highest BCUT2D eigenvalue weighted by Gasteiger charge is 2.08. The molecule has 0 aromatic carbocycles. The van der Waals surface area contributed by atoms with Crippen LogP contribution in [0.1, 0.15) is 31.4 Å². The normalized spacial score (nSPS) is 12.1. The van der Waals surface area contributed by atoms with E-state index in [4.69, 9.17) is 4.74 Å². The average molecular weight is 220 g/mol. The van der Waals surface area contributed by atoms with Crippen LogP contribution in [-0.4, -0.2) is 18.6 Å². The largest absolute Gasteiger partial charge is 0.492 e. The van der Waals surface area contributed by atoms with Gasteiger partial charge in [0, 0.05) is 12.2 Å². The topological polar surface area (TPSA) is 34.2 Å². The molecule has 1 aromatic rings. The van der Waals surface area contributed by atoms with Crippen molar-refractivity contribution >= 4 is 0 Å². The zero-order valence-corrected chi connectivity index (χ0v) is 10.1. The number of hydrogen-bond acceptors (Lipinski definition) is 3. The Morgan fingerprint density at radius 2 is 2.38 bits per heavy atom. The molecule has 1 rings (SSSR count). The van der Waals surface area contributed by atoms with Gasteiger partial charge in [0.05, 0.1) is 12.8 Å². The Bertz CT molecular complexity index is 325. The van der Waals surface area contributed by atoms with Gasteiger partial charge in [-0.15, -0.1) is 6.58 Å². The lowest BCUT2D eigenvalue weighted by atomic mass is 10.1. The van der Waals surface area contributed by atoms with E-state index in [0.29, 0.717) is 0 Å².